The predicted octanol–water partition coefficient (Wildman–Crippen LogP) is 5.93. The minimum atomic E-state index is 0.375. The Bertz CT molecular complexity index is 480. The molecule has 0 heterocycles. The first-order valence-corrected chi connectivity index (χ1v) is 9.00. The summed E-state index contributed by atoms with van der Waals surface area (Å²) in [5, 5.41) is 3.78. The molecule has 0 aliphatic heterocycles. The zero-order chi connectivity index (χ0) is 15.1. The van der Waals surface area contributed by atoms with Crippen molar-refractivity contribution in [2.24, 2.45) is 16.7 Å². The van der Waals surface area contributed by atoms with Crippen molar-refractivity contribution in [1.82, 2.24) is 5.32 Å². The largest absolute Gasteiger partial charge is 0.310 e. The molecule has 1 saturated carbocycles. The molecule has 2 rings (SSSR count). The maximum Gasteiger partial charge on any atom is 0.0370 e. The molecule has 1 aromatic carbocycles. The molecule has 1 nitrogen and oxygen atoms in total. The summed E-state index contributed by atoms with van der Waals surface area (Å²) in [5.41, 5.74) is 2.12. The lowest BCUT2D eigenvalue weighted by atomic mass is 9.96. The van der Waals surface area contributed by atoms with Gasteiger partial charge in [0, 0.05) is 15.0 Å². The summed E-state index contributed by atoms with van der Waals surface area (Å²) < 4.78 is 2.35. The van der Waals surface area contributed by atoms with Gasteiger partial charge in [-0.3, -0.25) is 0 Å². The molecule has 1 fully saturated rings. The van der Waals surface area contributed by atoms with Crippen LogP contribution >= 0.6 is 31.9 Å². The molecule has 1 N–H and O–H groups in total. The van der Waals surface area contributed by atoms with E-state index in [0.717, 1.165) is 17.4 Å². The van der Waals surface area contributed by atoms with Crippen LogP contribution in [0.15, 0.2) is 27.1 Å². The van der Waals surface area contributed by atoms with E-state index in [0.29, 0.717) is 22.8 Å². The minimum Gasteiger partial charge on any atom is -0.310 e. The van der Waals surface area contributed by atoms with Gasteiger partial charge in [0.1, 0.15) is 0 Å². The van der Waals surface area contributed by atoms with E-state index in [4.69, 9.17) is 0 Å². The third-order valence-corrected chi connectivity index (χ3v) is 6.59. The fraction of sp³-hybridized carbons (Fsp3) is 0.647. The topological polar surface area (TPSA) is 12.0 Å². The number of nitrogens with one attached hydrogen (secondary N) is 1. The first-order chi connectivity index (χ1) is 9.23. The van der Waals surface area contributed by atoms with E-state index in [2.05, 4.69) is 90.0 Å². The summed E-state index contributed by atoms with van der Waals surface area (Å²) in [7, 11) is 0. The SMILES string of the molecule is CCCNC(c1cc(Br)ccc1Br)C1C(C)(C)C1(C)C. The maximum absolute atomic E-state index is 3.78. The van der Waals surface area contributed by atoms with Crippen molar-refractivity contribution in [1.29, 1.82) is 0 Å². The molecule has 1 atom stereocenters. The van der Waals surface area contributed by atoms with Crippen molar-refractivity contribution in [2.75, 3.05) is 6.54 Å². The van der Waals surface area contributed by atoms with Gasteiger partial charge in [-0.15, -0.1) is 0 Å². The van der Waals surface area contributed by atoms with Crippen molar-refractivity contribution < 1.29 is 0 Å². The van der Waals surface area contributed by atoms with E-state index < -0.39 is 0 Å². The highest BCUT2D eigenvalue weighted by molar-refractivity contribution is 9.11. The van der Waals surface area contributed by atoms with Crippen LogP contribution in [0.2, 0.25) is 0 Å². The van der Waals surface area contributed by atoms with Crippen LogP contribution in [0.25, 0.3) is 0 Å². The van der Waals surface area contributed by atoms with Gasteiger partial charge in [-0.2, -0.15) is 0 Å². The highest BCUT2D eigenvalue weighted by atomic mass is 79.9. The summed E-state index contributed by atoms with van der Waals surface area (Å²) in [6.45, 7) is 12.9. The average molecular weight is 403 g/mol. The summed E-state index contributed by atoms with van der Waals surface area (Å²) in [5.74, 6) is 0.659. The van der Waals surface area contributed by atoms with Crippen LogP contribution in [-0.2, 0) is 0 Å². The van der Waals surface area contributed by atoms with E-state index in [1.807, 2.05) is 0 Å². The van der Waals surface area contributed by atoms with Crippen LogP contribution in [0.5, 0.6) is 0 Å². The molecule has 0 bridgehead atoms. The average Bonchev–Trinajstić information content (AvgIpc) is 2.76. The lowest BCUT2D eigenvalue weighted by Crippen LogP contribution is -2.26. The fourth-order valence-electron chi connectivity index (χ4n) is 3.54. The molecular weight excluding hydrogens is 378 g/mol. The molecule has 1 aliphatic rings. The van der Waals surface area contributed by atoms with Crippen LogP contribution in [-0.4, -0.2) is 6.54 Å². The van der Waals surface area contributed by atoms with Crippen LogP contribution in [0, 0.1) is 16.7 Å². The Morgan fingerprint density at radius 1 is 1.15 bits per heavy atom. The molecule has 112 valence electrons. The van der Waals surface area contributed by atoms with Crippen LogP contribution in [0.4, 0.5) is 0 Å². The molecular formula is C17H25Br2N. The normalized spacial score (nSPS) is 21.8. The van der Waals surface area contributed by atoms with Crippen LogP contribution in [0.1, 0.15) is 52.6 Å². The lowest BCUT2D eigenvalue weighted by Gasteiger charge is -2.23. The standard InChI is InChI=1S/C17H25Br2N/c1-6-9-20-14(15-16(2,3)17(15,4)5)12-10-11(18)7-8-13(12)19/h7-8,10,14-15,20H,6,9H2,1-5H3. The van der Waals surface area contributed by atoms with Gasteiger partial charge in [0.15, 0.2) is 0 Å². The first-order valence-electron chi connectivity index (χ1n) is 7.41. The summed E-state index contributed by atoms with van der Waals surface area (Å²) in [6, 6.07) is 6.89. The van der Waals surface area contributed by atoms with Gasteiger partial charge in [-0.05, 0) is 53.5 Å². The molecule has 1 unspecified atom stereocenters. The smallest absolute Gasteiger partial charge is 0.0370 e. The quantitative estimate of drug-likeness (QED) is 0.642. The molecule has 0 spiro atoms. The van der Waals surface area contributed by atoms with Crippen molar-refractivity contribution in [3.8, 4) is 0 Å². The highest BCUT2D eigenvalue weighted by Gasteiger charge is 2.67. The Kier molecular flexibility index (Phi) is 4.73. The first kappa shape index (κ1) is 16.5. The zero-order valence-corrected chi connectivity index (χ0v) is 16.2. The maximum atomic E-state index is 3.78. The molecule has 0 radical (unpaired) electrons. The molecule has 3 heteroatoms. The molecule has 0 aromatic heterocycles. The number of benzene rings is 1. The van der Waals surface area contributed by atoms with Crippen LogP contribution in [0.3, 0.4) is 0 Å². The van der Waals surface area contributed by atoms with Gasteiger partial charge in [0.25, 0.3) is 0 Å². The second-order valence-electron chi connectivity index (χ2n) is 7.02. The van der Waals surface area contributed by atoms with E-state index in [9.17, 15) is 0 Å². The highest BCUT2D eigenvalue weighted by Crippen LogP contribution is 2.72. The molecule has 20 heavy (non-hydrogen) atoms. The van der Waals surface area contributed by atoms with Crippen molar-refractivity contribution in [3.63, 3.8) is 0 Å². The second-order valence-corrected chi connectivity index (χ2v) is 8.79. The fourth-order valence-corrected chi connectivity index (χ4v) is 4.41. The van der Waals surface area contributed by atoms with Crippen molar-refractivity contribution >= 4 is 31.9 Å². The molecule has 0 saturated heterocycles. The van der Waals surface area contributed by atoms with E-state index >= 15 is 0 Å². The van der Waals surface area contributed by atoms with Gasteiger partial charge >= 0.3 is 0 Å². The summed E-state index contributed by atoms with van der Waals surface area (Å²) in [4.78, 5) is 0. The van der Waals surface area contributed by atoms with Crippen molar-refractivity contribution in [3.05, 3.63) is 32.7 Å². The molecule has 1 aliphatic carbocycles. The Morgan fingerprint density at radius 2 is 1.75 bits per heavy atom. The Hall–Kier alpha value is 0.140. The number of hydrogen-bond acceptors (Lipinski definition) is 1. The summed E-state index contributed by atoms with van der Waals surface area (Å²) >= 11 is 7.34. The summed E-state index contributed by atoms with van der Waals surface area (Å²) in [6.07, 6.45) is 1.16. The van der Waals surface area contributed by atoms with Gasteiger partial charge < -0.3 is 5.32 Å². The lowest BCUT2D eigenvalue weighted by molar-refractivity contribution is 0.408. The third-order valence-electron chi connectivity index (χ3n) is 5.37. The zero-order valence-electron chi connectivity index (χ0n) is 13.1. The monoisotopic (exact) mass is 401 g/mol. The molecule has 1 aromatic rings. The van der Waals surface area contributed by atoms with E-state index in [1.54, 1.807) is 0 Å². The number of hydrogen-bond donors (Lipinski definition) is 1. The Labute approximate surface area is 140 Å². The predicted molar refractivity (Wildman–Crippen MR) is 93.9 cm³/mol. The van der Waals surface area contributed by atoms with E-state index in [-0.39, 0.29) is 0 Å². The molecule has 0 amide bonds. The van der Waals surface area contributed by atoms with Crippen molar-refractivity contribution in [2.45, 2.75) is 47.1 Å². The second kappa shape index (κ2) is 5.73. The van der Waals surface area contributed by atoms with E-state index in [1.165, 1.54) is 10.0 Å². The third kappa shape index (κ3) is 2.74. The Morgan fingerprint density at radius 3 is 2.25 bits per heavy atom. The number of halogens is 2. The Balaban J connectivity index is 2.37. The van der Waals surface area contributed by atoms with Gasteiger partial charge in [-0.25, -0.2) is 0 Å². The van der Waals surface area contributed by atoms with Gasteiger partial charge in [0.05, 0.1) is 0 Å². The van der Waals surface area contributed by atoms with Crippen LogP contribution < -0.4 is 5.32 Å². The van der Waals surface area contributed by atoms with Gasteiger partial charge in [0.2, 0.25) is 0 Å². The minimum absolute atomic E-state index is 0.375. The van der Waals surface area contributed by atoms with Gasteiger partial charge in [-0.1, -0.05) is 66.5 Å². The number of rotatable bonds is 5.